The van der Waals surface area contributed by atoms with Crippen LogP contribution in [-0.2, 0) is 32.2 Å². The van der Waals surface area contributed by atoms with Gasteiger partial charge in [0.25, 0.3) is 0 Å². The average Bonchev–Trinajstić information content (AvgIpc) is 3.74. The van der Waals surface area contributed by atoms with Gasteiger partial charge in [-0.15, -0.1) is 0 Å². The lowest BCUT2D eigenvalue weighted by molar-refractivity contribution is 0.248. The first-order chi connectivity index (χ1) is 18.8. The number of hydrogen-bond donors (Lipinski definition) is 1. The van der Waals surface area contributed by atoms with Crippen molar-refractivity contribution in [3.05, 3.63) is 120 Å². The summed E-state index contributed by atoms with van der Waals surface area (Å²) in [4.78, 5) is 24.2. The van der Waals surface area contributed by atoms with E-state index < -0.39 is 0 Å². The highest BCUT2D eigenvalue weighted by molar-refractivity contribution is 5.93. The fourth-order valence-corrected chi connectivity index (χ4v) is 4.64. The minimum Gasteiger partial charge on any atom is -0.447 e. The predicted molar refractivity (Wildman–Crippen MR) is 136 cm³/mol. The van der Waals surface area contributed by atoms with Crippen LogP contribution in [0.25, 0.3) is 0 Å². The smallest absolute Gasteiger partial charge is 0.213 e. The average molecular weight is 508 g/mol. The second kappa shape index (κ2) is 11.0. The SMILES string of the molecule is c1ccc(CC2=NC(Cc3ncc[nH]3)=C(Cc3ccon3)N(Cc3ncco3)C2Cc2cccnn2)nc1. The molecule has 190 valence electrons. The zero-order valence-corrected chi connectivity index (χ0v) is 20.5. The highest BCUT2D eigenvalue weighted by atomic mass is 16.5. The number of oxazole rings is 1. The van der Waals surface area contributed by atoms with E-state index in [0.29, 0.717) is 38.1 Å². The molecule has 0 aliphatic carbocycles. The molecule has 0 spiro atoms. The summed E-state index contributed by atoms with van der Waals surface area (Å²) in [5, 5.41) is 12.7. The minimum atomic E-state index is -0.150. The van der Waals surface area contributed by atoms with Crippen molar-refractivity contribution in [2.75, 3.05) is 0 Å². The Morgan fingerprint density at radius 3 is 2.55 bits per heavy atom. The quantitative estimate of drug-likeness (QED) is 0.302. The molecule has 5 aromatic rings. The van der Waals surface area contributed by atoms with Crippen LogP contribution in [0.4, 0.5) is 0 Å². The van der Waals surface area contributed by atoms with Gasteiger partial charge in [-0.25, -0.2) is 9.97 Å². The lowest BCUT2D eigenvalue weighted by atomic mass is 9.94. The van der Waals surface area contributed by atoms with E-state index in [4.69, 9.17) is 13.9 Å². The van der Waals surface area contributed by atoms with E-state index in [-0.39, 0.29) is 6.04 Å². The zero-order chi connectivity index (χ0) is 25.6. The number of H-pyrrole nitrogens is 1. The van der Waals surface area contributed by atoms with Gasteiger partial charge < -0.3 is 18.8 Å². The fourth-order valence-electron chi connectivity index (χ4n) is 4.64. The summed E-state index contributed by atoms with van der Waals surface area (Å²) in [7, 11) is 0. The normalized spacial score (nSPS) is 15.6. The molecule has 1 N–H and O–H groups in total. The lowest BCUT2D eigenvalue weighted by Gasteiger charge is -2.39. The fraction of sp³-hybridized carbons (Fsp3) is 0.222. The number of aliphatic imine (C=N–C) groups is 1. The van der Waals surface area contributed by atoms with Crippen LogP contribution in [-0.4, -0.2) is 51.9 Å². The second-order valence-corrected chi connectivity index (χ2v) is 8.86. The maximum atomic E-state index is 5.70. The summed E-state index contributed by atoms with van der Waals surface area (Å²) in [6.45, 7) is 0.438. The van der Waals surface area contributed by atoms with Gasteiger partial charge in [-0.05, 0) is 24.3 Å². The number of aromatic amines is 1. The predicted octanol–water partition coefficient (Wildman–Crippen LogP) is 3.38. The van der Waals surface area contributed by atoms with Crippen LogP contribution in [0.3, 0.4) is 0 Å². The van der Waals surface area contributed by atoms with Crippen LogP contribution in [0, 0.1) is 0 Å². The van der Waals surface area contributed by atoms with Gasteiger partial charge in [0, 0.05) is 73.6 Å². The number of pyridine rings is 1. The summed E-state index contributed by atoms with van der Waals surface area (Å²) in [5.41, 5.74) is 5.44. The van der Waals surface area contributed by atoms with Crippen LogP contribution in [0.15, 0.2) is 105 Å². The van der Waals surface area contributed by atoms with Crippen molar-refractivity contribution in [2.45, 2.75) is 38.3 Å². The summed E-state index contributed by atoms with van der Waals surface area (Å²) < 4.78 is 10.9. The minimum absolute atomic E-state index is 0.150. The Labute approximate surface area is 218 Å². The maximum Gasteiger partial charge on any atom is 0.213 e. The molecule has 38 heavy (non-hydrogen) atoms. The van der Waals surface area contributed by atoms with Crippen LogP contribution < -0.4 is 0 Å². The van der Waals surface area contributed by atoms with Crippen LogP contribution in [0.2, 0.25) is 0 Å². The van der Waals surface area contributed by atoms with Gasteiger partial charge in [0.15, 0.2) is 0 Å². The van der Waals surface area contributed by atoms with E-state index in [2.05, 4.69) is 40.2 Å². The van der Waals surface area contributed by atoms with Crippen molar-refractivity contribution in [3.8, 4) is 0 Å². The van der Waals surface area contributed by atoms with Crippen LogP contribution >= 0.6 is 0 Å². The number of rotatable bonds is 10. The van der Waals surface area contributed by atoms with Crippen molar-refractivity contribution in [1.82, 2.24) is 40.2 Å². The van der Waals surface area contributed by atoms with Crippen LogP contribution in [0.5, 0.6) is 0 Å². The Morgan fingerprint density at radius 1 is 0.842 bits per heavy atom. The number of hydrogen-bond acceptors (Lipinski definition) is 10. The zero-order valence-electron chi connectivity index (χ0n) is 20.5. The summed E-state index contributed by atoms with van der Waals surface area (Å²) in [6, 6.07) is 11.5. The van der Waals surface area contributed by atoms with Gasteiger partial charge in [-0.1, -0.05) is 11.2 Å². The van der Waals surface area contributed by atoms with Gasteiger partial charge in [-0.3, -0.25) is 9.98 Å². The molecule has 5 aromatic heterocycles. The Kier molecular flexibility index (Phi) is 6.79. The lowest BCUT2D eigenvalue weighted by Crippen LogP contribution is -2.46. The van der Waals surface area contributed by atoms with E-state index in [0.717, 1.165) is 40.0 Å². The van der Waals surface area contributed by atoms with Crippen molar-refractivity contribution in [2.24, 2.45) is 4.99 Å². The molecule has 11 nitrogen and oxygen atoms in total. The molecule has 0 radical (unpaired) electrons. The molecule has 6 heterocycles. The van der Waals surface area contributed by atoms with Crippen molar-refractivity contribution >= 4 is 5.71 Å². The molecular formula is C27H25N9O2. The summed E-state index contributed by atoms with van der Waals surface area (Å²) in [5.74, 6) is 1.42. The monoisotopic (exact) mass is 507 g/mol. The first-order valence-electron chi connectivity index (χ1n) is 12.3. The van der Waals surface area contributed by atoms with Gasteiger partial charge >= 0.3 is 0 Å². The number of nitrogens with one attached hydrogen (secondary N) is 1. The molecule has 0 amide bonds. The molecule has 0 saturated carbocycles. The van der Waals surface area contributed by atoms with E-state index >= 15 is 0 Å². The number of nitrogens with zero attached hydrogens (tertiary/aromatic N) is 8. The summed E-state index contributed by atoms with van der Waals surface area (Å²) in [6.07, 6.45) is 14.1. The molecule has 0 saturated heterocycles. The Hall–Kier alpha value is -4.93. The molecule has 1 aliphatic heterocycles. The molecule has 0 bridgehead atoms. The molecule has 1 unspecified atom stereocenters. The van der Waals surface area contributed by atoms with E-state index in [1.54, 1.807) is 37.3 Å². The van der Waals surface area contributed by atoms with Gasteiger partial charge in [-0.2, -0.15) is 10.2 Å². The number of imidazole rings is 1. The molecule has 0 fully saturated rings. The third-order valence-corrected chi connectivity index (χ3v) is 6.36. The van der Waals surface area contributed by atoms with Gasteiger partial charge in [0.2, 0.25) is 5.89 Å². The molecule has 1 atom stereocenters. The second-order valence-electron chi connectivity index (χ2n) is 8.86. The van der Waals surface area contributed by atoms with Crippen LogP contribution in [0.1, 0.15) is 28.8 Å². The first kappa shape index (κ1) is 23.5. The van der Waals surface area contributed by atoms with Gasteiger partial charge in [0.05, 0.1) is 35.9 Å². The molecule has 11 heteroatoms. The third-order valence-electron chi connectivity index (χ3n) is 6.36. The molecular weight excluding hydrogens is 482 g/mol. The molecule has 1 aliphatic rings. The van der Waals surface area contributed by atoms with E-state index in [9.17, 15) is 0 Å². The number of allylic oxidation sites excluding steroid dienone is 2. The van der Waals surface area contributed by atoms with Crippen molar-refractivity contribution in [3.63, 3.8) is 0 Å². The largest absolute Gasteiger partial charge is 0.447 e. The van der Waals surface area contributed by atoms with E-state index in [1.807, 2.05) is 42.6 Å². The summed E-state index contributed by atoms with van der Waals surface area (Å²) >= 11 is 0. The molecule has 6 rings (SSSR count). The first-order valence-corrected chi connectivity index (χ1v) is 12.3. The van der Waals surface area contributed by atoms with Crippen molar-refractivity contribution in [1.29, 1.82) is 0 Å². The highest BCUT2D eigenvalue weighted by Gasteiger charge is 2.34. The Morgan fingerprint density at radius 2 is 1.82 bits per heavy atom. The van der Waals surface area contributed by atoms with E-state index in [1.165, 1.54) is 0 Å². The highest BCUT2D eigenvalue weighted by Crippen LogP contribution is 2.31. The Balaban J connectivity index is 1.48. The standard InChI is InChI=1S/C27H25N9O2/c1-2-7-28-19(4-1)14-22-24(15-20-5-3-8-32-34-20)36(18-27-31-11-13-37-27)25(16-21-6-12-38-35-21)23(33-22)17-26-29-9-10-30-26/h1-13,24H,14-18H2,(H,29,30). The van der Waals surface area contributed by atoms with Gasteiger partial charge in [0.1, 0.15) is 18.4 Å². The third kappa shape index (κ3) is 5.41. The topological polar surface area (TPSA) is 135 Å². The Bertz CT molecular complexity index is 1480. The number of aromatic nitrogens is 7. The molecule has 0 aromatic carbocycles. The van der Waals surface area contributed by atoms with Crippen molar-refractivity contribution < 1.29 is 8.94 Å². The maximum absolute atomic E-state index is 5.70.